The molecule has 1 aliphatic rings. The molecule has 128 valence electrons. The number of rotatable bonds is 5. The van der Waals surface area contributed by atoms with Crippen LogP contribution < -0.4 is 5.32 Å². The summed E-state index contributed by atoms with van der Waals surface area (Å²) in [5.41, 5.74) is -0.877. The first-order valence-corrected chi connectivity index (χ1v) is 7.50. The SMILES string of the molecule is C[C@](O)(CNC(=O)C1CN(CC(F)(F)F)C1)c1ccccc1Cl. The number of likely N-dealkylation sites (tertiary alicyclic amines) is 1. The van der Waals surface area contributed by atoms with Crippen molar-refractivity contribution in [2.24, 2.45) is 5.92 Å². The molecule has 1 aromatic carbocycles. The summed E-state index contributed by atoms with van der Waals surface area (Å²) in [6.07, 6.45) is -4.25. The number of nitrogens with zero attached hydrogens (tertiary/aromatic N) is 1. The molecule has 0 spiro atoms. The minimum atomic E-state index is -4.25. The van der Waals surface area contributed by atoms with Crippen molar-refractivity contribution in [1.29, 1.82) is 0 Å². The third kappa shape index (κ3) is 4.83. The van der Waals surface area contributed by atoms with Gasteiger partial charge in [0, 0.05) is 23.7 Å². The van der Waals surface area contributed by atoms with Crippen molar-refractivity contribution < 1.29 is 23.1 Å². The summed E-state index contributed by atoms with van der Waals surface area (Å²) >= 11 is 6.02. The van der Waals surface area contributed by atoms with Crippen molar-refractivity contribution in [1.82, 2.24) is 10.2 Å². The van der Waals surface area contributed by atoms with Crippen LogP contribution in [0.4, 0.5) is 13.2 Å². The Morgan fingerprint density at radius 1 is 1.39 bits per heavy atom. The standard InChI is InChI=1S/C15H18ClF3N2O2/c1-14(23,11-4-2-3-5-12(11)16)8-20-13(22)10-6-21(7-10)9-15(17,18)19/h2-5,10,23H,6-9H2,1H3,(H,20,22)/t14-/m0/s1. The van der Waals surface area contributed by atoms with Gasteiger partial charge in [0.1, 0.15) is 5.60 Å². The molecule has 0 bridgehead atoms. The zero-order valence-corrected chi connectivity index (χ0v) is 13.3. The third-order valence-corrected chi connectivity index (χ3v) is 4.12. The maximum Gasteiger partial charge on any atom is 0.401 e. The van der Waals surface area contributed by atoms with Crippen LogP contribution in [0, 0.1) is 5.92 Å². The Labute approximate surface area is 137 Å². The maximum absolute atomic E-state index is 12.2. The van der Waals surface area contributed by atoms with Crippen molar-refractivity contribution in [2.45, 2.75) is 18.7 Å². The molecule has 4 nitrogen and oxygen atoms in total. The van der Waals surface area contributed by atoms with Gasteiger partial charge in [0.25, 0.3) is 0 Å². The third-order valence-electron chi connectivity index (χ3n) is 3.79. The minimum Gasteiger partial charge on any atom is -0.384 e. The number of nitrogens with one attached hydrogen (secondary N) is 1. The Morgan fingerprint density at radius 3 is 2.57 bits per heavy atom. The predicted octanol–water partition coefficient (Wildman–Crippen LogP) is 2.16. The monoisotopic (exact) mass is 350 g/mol. The highest BCUT2D eigenvalue weighted by Gasteiger charge is 2.40. The van der Waals surface area contributed by atoms with E-state index in [4.69, 9.17) is 11.6 Å². The van der Waals surface area contributed by atoms with E-state index in [9.17, 15) is 23.1 Å². The van der Waals surface area contributed by atoms with Crippen molar-refractivity contribution in [2.75, 3.05) is 26.2 Å². The van der Waals surface area contributed by atoms with Crippen LogP contribution in [-0.4, -0.2) is 48.3 Å². The summed E-state index contributed by atoms with van der Waals surface area (Å²) in [5, 5.41) is 13.4. The number of alkyl halides is 3. The summed E-state index contributed by atoms with van der Waals surface area (Å²) in [6, 6.07) is 6.74. The summed E-state index contributed by atoms with van der Waals surface area (Å²) < 4.78 is 36.6. The van der Waals surface area contributed by atoms with Gasteiger partial charge in [0.2, 0.25) is 5.91 Å². The van der Waals surface area contributed by atoms with Crippen LogP contribution in [0.5, 0.6) is 0 Å². The molecule has 0 aromatic heterocycles. The van der Waals surface area contributed by atoms with E-state index in [0.29, 0.717) is 10.6 Å². The molecule has 2 N–H and O–H groups in total. The molecule has 1 atom stereocenters. The predicted molar refractivity (Wildman–Crippen MR) is 80.0 cm³/mol. The van der Waals surface area contributed by atoms with Crippen LogP contribution in [0.1, 0.15) is 12.5 Å². The molecule has 0 saturated carbocycles. The Hall–Kier alpha value is -1.31. The molecular formula is C15H18ClF3N2O2. The van der Waals surface area contributed by atoms with Gasteiger partial charge in [0.15, 0.2) is 0 Å². The van der Waals surface area contributed by atoms with E-state index >= 15 is 0 Å². The van der Waals surface area contributed by atoms with Crippen LogP contribution in [0.2, 0.25) is 5.02 Å². The Bertz CT molecular complexity index is 572. The molecule has 1 heterocycles. The molecule has 1 fully saturated rings. The molecule has 8 heteroatoms. The number of halogens is 4. The molecule has 1 aromatic rings. The molecule has 0 unspecified atom stereocenters. The lowest BCUT2D eigenvalue weighted by Gasteiger charge is -2.38. The Morgan fingerprint density at radius 2 is 2.00 bits per heavy atom. The van der Waals surface area contributed by atoms with Gasteiger partial charge >= 0.3 is 6.18 Å². The topological polar surface area (TPSA) is 52.6 Å². The number of carbonyl (C=O) groups excluding carboxylic acids is 1. The Balaban J connectivity index is 1.83. The summed E-state index contributed by atoms with van der Waals surface area (Å²) in [7, 11) is 0. The second-order valence-corrected chi connectivity index (χ2v) is 6.38. The fourth-order valence-electron chi connectivity index (χ4n) is 2.52. The van der Waals surface area contributed by atoms with E-state index in [2.05, 4.69) is 5.32 Å². The first-order chi connectivity index (χ1) is 10.6. The zero-order chi connectivity index (χ0) is 17.3. The van der Waals surface area contributed by atoms with E-state index in [1.807, 2.05) is 0 Å². The van der Waals surface area contributed by atoms with Crippen LogP contribution in [0.3, 0.4) is 0 Å². The maximum atomic E-state index is 12.2. The Kier molecular flexibility index (Phi) is 5.23. The van der Waals surface area contributed by atoms with Crippen molar-refractivity contribution in [3.8, 4) is 0 Å². The first-order valence-electron chi connectivity index (χ1n) is 7.13. The quantitative estimate of drug-likeness (QED) is 0.855. The average molecular weight is 351 g/mol. The summed E-state index contributed by atoms with van der Waals surface area (Å²) in [5.74, 6) is -0.852. The second-order valence-electron chi connectivity index (χ2n) is 5.98. The molecule has 23 heavy (non-hydrogen) atoms. The van der Waals surface area contributed by atoms with Gasteiger partial charge in [-0.2, -0.15) is 13.2 Å². The van der Waals surface area contributed by atoms with E-state index in [1.165, 1.54) is 6.92 Å². The number of benzene rings is 1. The van der Waals surface area contributed by atoms with E-state index in [0.717, 1.165) is 4.90 Å². The number of hydrogen-bond donors (Lipinski definition) is 2. The summed E-state index contributed by atoms with van der Waals surface area (Å²) in [6.45, 7) is 0.587. The average Bonchev–Trinajstić information content (AvgIpc) is 2.39. The molecule has 2 rings (SSSR count). The van der Waals surface area contributed by atoms with Gasteiger partial charge in [-0.3, -0.25) is 9.69 Å². The van der Waals surface area contributed by atoms with E-state index in [1.54, 1.807) is 24.3 Å². The van der Waals surface area contributed by atoms with Crippen LogP contribution in [-0.2, 0) is 10.4 Å². The van der Waals surface area contributed by atoms with Gasteiger partial charge in [0.05, 0.1) is 19.0 Å². The lowest BCUT2D eigenvalue weighted by molar-refractivity contribution is -0.163. The molecule has 1 aliphatic heterocycles. The highest BCUT2D eigenvalue weighted by atomic mass is 35.5. The van der Waals surface area contributed by atoms with Gasteiger partial charge in [-0.25, -0.2) is 0 Å². The van der Waals surface area contributed by atoms with Gasteiger partial charge < -0.3 is 10.4 Å². The van der Waals surface area contributed by atoms with Gasteiger partial charge in [-0.1, -0.05) is 29.8 Å². The van der Waals surface area contributed by atoms with Gasteiger partial charge in [-0.15, -0.1) is 0 Å². The molecule has 1 saturated heterocycles. The lowest BCUT2D eigenvalue weighted by atomic mass is 9.94. The minimum absolute atomic E-state index is 0.0641. The number of hydrogen-bond acceptors (Lipinski definition) is 3. The summed E-state index contributed by atoms with van der Waals surface area (Å²) in [4.78, 5) is 13.1. The number of carbonyl (C=O) groups is 1. The lowest BCUT2D eigenvalue weighted by Crippen LogP contribution is -2.56. The first kappa shape index (κ1) is 18.0. The van der Waals surface area contributed by atoms with Gasteiger partial charge in [-0.05, 0) is 13.0 Å². The smallest absolute Gasteiger partial charge is 0.384 e. The fourth-order valence-corrected chi connectivity index (χ4v) is 2.85. The van der Waals surface area contributed by atoms with E-state index < -0.39 is 24.2 Å². The van der Waals surface area contributed by atoms with Crippen LogP contribution in [0.25, 0.3) is 0 Å². The number of aliphatic hydroxyl groups is 1. The largest absolute Gasteiger partial charge is 0.401 e. The highest BCUT2D eigenvalue weighted by molar-refractivity contribution is 6.31. The molecule has 1 amide bonds. The van der Waals surface area contributed by atoms with Crippen molar-refractivity contribution in [3.05, 3.63) is 34.9 Å². The van der Waals surface area contributed by atoms with Crippen LogP contribution >= 0.6 is 11.6 Å². The second kappa shape index (κ2) is 6.67. The normalized spacial score (nSPS) is 19.0. The zero-order valence-electron chi connectivity index (χ0n) is 12.5. The van der Waals surface area contributed by atoms with Crippen molar-refractivity contribution in [3.63, 3.8) is 0 Å². The molecular weight excluding hydrogens is 333 g/mol. The molecule has 0 radical (unpaired) electrons. The van der Waals surface area contributed by atoms with Crippen LogP contribution in [0.15, 0.2) is 24.3 Å². The molecule has 0 aliphatic carbocycles. The fraction of sp³-hybridized carbons (Fsp3) is 0.533. The van der Waals surface area contributed by atoms with Crippen molar-refractivity contribution >= 4 is 17.5 Å². The van der Waals surface area contributed by atoms with E-state index in [-0.39, 0.29) is 25.5 Å². The number of amides is 1. The highest BCUT2D eigenvalue weighted by Crippen LogP contribution is 2.28.